The van der Waals surface area contributed by atoms with Gasteiger partial charge in [0.25, 0.3) is 0 Å². The lowest BCUT2D eigenvalue weighted by Gasteiger charge is -2.32. The van der Waals surface area contributed by atoms with E-state index in [1.165, 1.54) is 45.3 Å². The minimum Gasteiger partial charge on any atom is -0.379 e. The predicted octanol–water partition coefficient (Wildman–Crippen LogP) is 2.66. The van der Waals surface area contributed by atoms with Crippen molar-refractivity contribution in [1.29, 1.82) is 0 Å². The molecule has 0 aliphatic carbocycles. The zero-order valence-electron chi connectivity index (χ0n) is 12.8. The van der Waals surface area contributed by atoms with Crippen LogP contribution < -0.4 is 5.32 Å². The number of hydrogen-bond acceptors (Lipinski definition) is 3. The minimum absolute atomic E-state index is 0.310. The van der Waals surface area contributed by atoms with Crippen LogP contribution in [0.25, 0.3) is 0 Å². The van der Waals surface area contributed by atoms with Gasteiger partial charge in [0, 0.05) is 18.7 Å². The van der Waals surface area contributed by atoms with Gasteiger partial charge < -0.3 is 15.0 Å². The number of hydrogen-bond donors (Lipinski definition) is 1. The van der Waals surface area contributed by atoms with Crippen molar-refractivity contribution >= 4 is 0 Å². The number of unbranched alkanes of at least 4 members (excludes halogenated alkanes) is 1. The van der Waals surface area contributed by atoms with Crippen molar-refractivity contribution in [1.82, 2.24) is 10.2 Å². The summed E-state index contributed by atoms with van der Waals surface area (Å²) in [7, 11) is 0. The van der Waals surface area contributed by atoms with Crippen LogP contribution in [0.5, 0.6) is 0 Å². The Morgan fingerprint density at radius 1 is 1.33 bits per heavy atom. The van der Waals surface area contributed by atoms with E-state index in [0.29, 0.717) is 11.6 Å². The van der Waals surface area contributed by atoms with Gasteiger partial charge in [-0.3, -0.25) is 0 Å². The van der Waals surface area contributed by atoms with Gasteiger partial charge in [0.05, 0.1) is 6.10 Å². The highest BCUT2D eigenvalue weighted by Gasteiger charge is 2.26. The topological polar surface area (TPSA) is 24.5 Å². The number of nitrogens with zero attached hydrogens (tertiary/aromatic N) is 1. The molecule has 3 nitrogen and oxygen atoms in total. The van der Waals surface area contributed by atoms with Crippen LogP contribution in [-0.2, 0) is 4.74 Å². The van der Waals surface area contributed by atoms with Gasteiger partial charge in [0.15, 0.2) is 0 Å². The summed E-state index contributed by atoms with van der Waals surface area (Å²) in [5, 5.41) is 3.69. The van der Waals surface area contributed by atoms with Crippen LogP contribution in [0.4, 0.5) is 0 Å². The molecule has 3 heteroatoms. The lowest BCUT2D eigenvalue weighted by molar-refractivity contribution is 0.0737. The number of ether oxygens (including phenoxy) is 1. The van der Waals surface area contributed by atoms with E-state index >= 15 is 0 Å². The van der Waals surface area contributed by atoms with Gasteiger partial charge in [-0.05, 0) is 66.1 Å². The van der Waals surface area contributed by atoms with Crippen LogP contribution >= 0.6 is 0 Å². The van der Waals surface area contributed by atoms with E-state index in [4.69, 9.17) is 4.74 Å². The molecule has 1 aliphatic rings. The van der Waals surface area contributed by atoms with Crippen LogP contribution in [0.3, 0.4) is 0 Å². The first kappa shape index (κ1) is 15.9. The molecule has 18 heavy (non-hydrogen) atoms. The minimum atomic E-state index is 0.310. The fourth-order valence-electron chi connectivity index (χ4n) is 2.51. The molecule has 108 valence electrons. The van der Waals surface area contributed by atoms with Gasteiger partial charge in [-0.15, -0.1) is 0 Å². The quantitative estimate of drug-likeness (QED) is 0.709. The Morgan fingerprint density at radius 3 is 2.78 bits per heavy atom. The Morgan fingerprint density at radius 2 is 2.11 bits per heavy atom. The molecule has 1 aliphatic heterocycles. The molecule has 0 saturated carbocycles. The normalized spacial score (nSPS) is 26.5. The van der Waals surface area contributed by atoms with Gasteiger partial charge in [-0.1, -0.05) is 6.92 Å². The molecule has 1 saturated heterocycles. The van der Waals surface area contributed by atoms with E-state index in [1.807, 2.05) is 0 Å². The van der Waals surface area contributed by atoms with Gasteiger partial charge >= 0.3 is 0 Å². The van der Waals surface area contributed by atoms with Crippen molar-refractivity contribution in [3.8, 4) is 0 Å². The highest BCUT2D eigenvalue weighted by Crippen LogP contribution is 2.15. The third-order valence-corrected chi connectivity index (χ3v) is 3.88. The summed E-state index contributed by atoms with van der Waals surface area (Å²) in [5.74, 6) is 0. The standard InChI is InChI=1S/C15H32N2O/c1-5-15(4)13-17(11-8-9-16-15)10-6-7-12-18-14(2)3/h14,16H,5-13H2,1-4H3. The average Bonchev–Trinajstić information content (AvgIpc) is 2.51. The van der Waals surface area contributed by atoms with Crippen molar-refractivity contribution in [2.45, 2.75) is 65.0 Å². The Bertz CT molecular complexity index is 221. The first-order valence-electron chi connectivity index (χ1n) is 7.65. The Kier molecular flexibility index (Phi) is 7.20. The Hall–Kier alpha value is -0.120. The predicted molar refractivity (Wildman–Crippen MR) is 78.1 cm³/mol. The van der Waals surface area contributed by atoms with Crippen molar-refractivity contribution < 1.29 is 4.74 Å². The maximum atomic E-state index is 5.59. The Balaban J connectivity index is 2.20. The molecule has 0 aromatic rings. The highest BCUT2D eigenvalue weighted by atomic mass is 16.5. The molecule has 0 aromatic heterocycles. The van der Waals surface area contributed by atoms with E-state index < -0.39 is 0 Å². The van der Waals surface area contributed by atoms with Gasteiger partial charge in [0.2, 0.25) is 0 Å². The maximum absolute atomic E-state index is 5.59. The first-order valence-corrected chi connectivity index (χ1v) is 7.65. The van der Waals surface area contributed by atoms with Gasteiger partial charge in [-0.25, -0.2) is 0 Å². The van der Waals surface area contributed by atoms with Crippen molar-refractivity contribution in [3.63, 3.8) is 0 Å². The van der Waals surface area contributed by atoms with Crippen molar-refractivity contribution in [2.75, 3.05) is 32.8 Å². The van der Waals surface area contributed by atoms with Crippen LogP contribution in [0, 0.1) is 0 Å². The summed E-state index contributed by atoms with van der Waals surface area (Å²) in [4.78, 5) is 2.62. The molecule has 1 unspecified atom stereocenters. The summed E-state index contributed by atoms with van der Waals surface area (Å²) in [5.41, 5.74) is 0.310. The van der Waals surface area contributed by atoms with Gasteiger partial charge in [-0.2, -0.15) is 0 Å². The fraction of sp³-hybridized carbons (Fsp3) is 1.00. The first-order chi connectivity index (χ1) is 8.56. The second-order valence-electron chi connectivity index (χ2n) is 6.10. The summed E-state index contributed by atoms with van der Waals surface area (Å²) in [6, 6.07) is 0. The lowest BCUT2D eigenvalue weighted by atomic mass is 9.98. The van der Waals surface area contributed by atoms with E-state index in [2.05, 4.69) is 37.9 Å². The largest absolute Gasteiger partial charge is 0.379 e. The van der Waals surface area contributed by atoms with Crippen molar-refractivity contribution in [3.05, 3.63) is 0 Å². The molecule has 1 atom stereocenters. The maximum Gasteiger partial charge on any atom is 0.0518 e. The van der Waals surface area contributed by atoms with Crippen LogP contribution in [0.15, 0.2) is 0 Å². The summed E-state index contributed by atoms with van der Waals surface area (Å²) in [6.07, 6.45) is 5.30. The molecule has 0 bridgehead atoms. The summed E-state index contributed by atoms with van der Waals surface area (Å²) >= 11 is 0. The van der Waals surface area contributed by atoms with E-state index in [-0.39, 0.29) is 0 Å². The highest BCUT2D eigenvalue weighted by molar-refractivity contribution is 4.87. The average molecular weight is 256 g/mol. The van der Waals surface area contributed by atoms with Gasteiger partial charge in [0.1, 0.15) is 0 Å². The van der Waals surface area contributed by atoms with Crippen LogP contribution in [-0.4, -0.2) is 49.3 Å². The molecule has 1 heterocycles. The number of rotatable bonds is 7. The molecule has 0 spiro atoms. The zero-order chi connectivity index (χ0) is 13.4. The number of nitrogens with one attached hydrogen (secondary N) is 1. The van der Waals surface area contributed by atoms with Crippen molar-refractivity contribution in [2.24, 2.45) is 0 Å². The molecule has 1 N–H and O–H groups in total. The summed E-state index contributed by atoms with van der Waals surface area (Å²) < 4.78 is 5.59. The fourth-order valence-corrected chi connectivity index (χ4v) is 2.51. The van der Waals surface area contributed by atoms with E-state index in [1.54, 1.807) is 0 Å². The lowest BCUT2D eigenvalue weighted by Crippen LogP contribution is -2.48. The van der Waals surface area contributed by atoms with E-state index in [9.17, 15) is 0 Å². The monoisotopic (exact) mass is 256 g/mol. The second-order valence-corrected chi connectivity index (χ2v) is 6.10. The molecular weight excluding hydrogens is 224 g/mol. The van der Waals surface area contributed by atoms with Crippen LogP contribution in [0.1, 0.15) is 53.4 Å². The zero-order valence-corrected chi connectivity index (χ0v) is 12.8. The molecule has 0 amide bonds. The second kappa shape index (κ2) is 8.13. The van der Waals surface area contributed by atoms with E-state index in [0.717, 1.165) is 13.2 Å². The Labute approximate surface area is 113 Å². The molecule has 1 fully saturated rings. The SMILES string of the molecule is CCC1(C)CN(CCCCOC(C)C)CCCN1. The molecule has 0 aromatic carbocycles. The summed E-state index contributed by atoms with van der Waals surface area (Å²) in [6.45, 7) is 14.6. The smallest absolute Gasteiger partial charge is 0.0518 e. The molecule has 1 rings (SSSR count). The molecular formula is C15H32N2O. The molecule has 0 radical (unpaired) electrons. The third-order valence-electron chi connectivity index (χ3n) is 3.88. The third kappa shape index (κ3) is 6.17. The van der Waals surface area contributed by atoms with Crippen LogP contribution in [0.2, 0.25) is 0 Å².